The number of halogens is 1. The van der Waals surface area contributed by atoms with E-state index in [1.807, 2.05) is 24.3 Å². The molecule has 3 nitrogen and oxygen atoms in total. The van der Waals surface area contributed by atoms with E-state index in [1.165, 1.54) is 0 Å². The van der Waals surface area contributed by atoms with Crippen LogP contribution in [-0.4, -0.2) is 25.5 Å². The van der Waals surface area contributed by atoms with E-state index < -0.39 is 0 Å². The van der Waals surface area contributed by atoms with E-state index in [0.29, 0.717) is 12.1 Å². The zero-order valence-corrected chi connectivity index (χ0v) is 12.8. The molecule has 100 valence electrons. The lowest BCUT2D eigenvalue weighted by Gasteiger charge is -2.18. The highest BCUT2D eigenvalue weighted by Gasteiger charge is 2.08. The van der Waals surface area contributed by atoms with Crippen molar-refractivity contribution in [3.8, 4) is 0 Å². The van der Waals surface area contributed by atoms with E-state index in [9.17, 15) is 4.79 Å². The van der Waals surface area contributed by atoms with Gasteiger partial charge in [0.05, 0.1) is 0 Å². The van der Waals surface area contributed by atoms with Crippen molar-refractivity contribution in [2.24, 2.45) is 5.41 Å². The Morgan fingerprint density at radius 2 is 1.78 bits per heavy atom. The normalized spacial score (nSPS) is 11.3. The minimum absolute atomic E-state index is 0.0277. The molecule has 0 fully saturated rings. The van der Waals surface area contributed by atoms with Gasteiger partial charge >= 0.3 is 0 Å². The molecule has 1 amide bonds. The summed E-state index contributed by atoms with van der Waals surface area (Å²) in [4.78, 5) is 11.8. The predicted octanol–water partition coefficient (Wildman–Crippen LogP) is 2.81. The number of carbonyl (C=O) groups is 1. The summed E-state index contributed by atoms with van der Waals surface area (Å²) in [6.07, 6.45) is 0. The fourth-order valence-electron chi connectivity index (χ4n) is 1.43. The van der Waals surface area contributed by atoms with Crippen molar-refractivity contribution in [1.82, 2.24) is 10.6 Å². The van der Waals surface area contributed by atoms with Gasteiger partial charge in [-0.15, -0.1) is 0 Å². The van der Waals surface area contributed by atoms with Crippen molar-refractivity contribution in [3.05, 3.63) is 34.3 Å². The molecule has 0 radical (unpaired) electrons. The van der Waals surface area contributed by atoms with Gasteiger partial charge in [0.2, 0.25) is 0 Å². The molecule has 0 saturated heterocycles. The van der Waals surface area contributed by atoms with Crippen molar-refractivity contribution in [2.45, 2.75) is 20.8 Å². The Morgan fingerprint density at radius 3 is 2.33 bits per heavy atom. The molecule has 0 bridgehead atoms. The van der Waals surface area contributed by atoms with Gasteiger partial charge in [-0.1, -0.05) is 36.7 Å². The largest absolute Gasteiger partial charge is 0.351 e. The SMILES string of the molecule is CC(C)(C)CNCCNC(=O)c1ccc(Br)cc1. The van der Waals surface area contributed by atoms with Gasteiger partial charge in [-0.3, -0.25) is 4.79 Å². The molecule has 0 aliphatic rings. The Kier molecular flexibility index (Phi) is 5.82. The molecule has 0 spiro atoms. The van der Waals surface area contributed by atoms with Crippen molar-refractivity contribution in [1.29, 1.82) is 0 Å². The molecule has 0 atom stereocenters. The third-order valence-corrected chi connectivity index (χ3v) is 2.88. The van der Waals surface area contributed by atoms with Crippen LogP contribution in [0.3, 0.4) is 0 Å². The van der Waals surface area contributed by atoms with Crippen LogP contribution in [-0.2, 0) is 0 Å². The van der Waals surface area contributed by atoms with Crippen LogP contribution in [0.1, 0.15) is 31.1 Å². The minimum Gasteiger partial charge on any atom is -0.351 e. The van der Waals surface area contributed by atoms with E-state index in [1.54, 1.807) is 0 Å². The highest BCUT2D eigenvalue weighted by atomic mass is 79.9. The molecule has 0 saturated carbocycles. The van der Waals surface area contributed by atoms with Crippen molar-refractivity contribution in [3.63, 3.8) is 0 Å². The summed E-state index contributed by atoms with van der Waals surface area (Å²) in [5.74, 6) is -0.0277. The van der Waals surface area contributed by atoms with Crippen LogP contribution in [0.25, 0.3) is 0 Å². The molecule has 2 N–H and O–H groups in total. The van der Waals surface area contributed by atoms with Gasteiger partial charge < -0.3 is 10.6 Å². The van der Waals surface area contributed by atoms with Crippen molar-refractivity contribution in [2.75, 3.05) is 19.6 Å². The Hall–Kier alpha value is -0.870. The quantitative estimate of drug-likeness (QED) is 0.821. The van der Waals surface area contributed by atoms with Gasteiger partial charge in [0.1, 0.15) is 0 Å². The molecular weight excluding hydrogens is 292 g/mol. The van der Waals surface area contributed by atoms with Crippen molar-refractivity contribution < 1.29 is 4.79 Å². The summed E-state index contributed by atoms with van der Waals surface area (Å²) >= 11 is 3.34. The van der Waals surface area contributed by atoms with Gasteiger partial charge in [0, 0.05) is 29.7 Å². The van der Waals surface area contributed by atoms with E-state index in [0.717, 1.165) is 17.6 Å². The second-order valence-corrected chi connectivity index (χ2v) is 6.42. The molecule has 0 unspecified atom stereocenters. The summed E-state index contributed by atoms with van der Waals surface area (Å²) in [6, 6.07) is 7.35. The van der Waals surface area contributed by atoms with Gasteiger partial charge in [0.25, 0.3) is 5.91 Å². The molecule has 0 aliphatic carbocycles. The van der Waals surface area contributed by atoms with E-state index >= 15 is 0 Å². The maximum Gasteiger partial charge on any atom is 0.251 e. The molecule has 1 aromatic rings. The Bertz CT molecular complexity index is 382. The van der Waals surface area contributed by atoms with E-state index in [2.05, 4.69) is 47.3 Å². The number of amides is 1. The summed E-state index contributed by atoms with van der Waals surface area (Å²) in [7, 11) is 0. The van der Waals surface area contributed by atoms with Crippen molar-refractivity contribution >= 4 is 21.8 Å². The molecular formula is C14H21BrN2O. The summed E-state index contributed by atoms with van der Waals surface area (Å²) in [6.45, 7) is 8.92. The zero-order chi connectivity index (χ0) is 13.6. The minimum atomic E-state index is -0.0277. The second kappa shape index (κ2) is 6.90. The third-order valence-electron chi connectivity index (χ3n) is 2.35. The smallest absolute Gasteiger partial charge is 0.251 e. The lowest BCUT2D eigenvalue weighted by Crippen LogP contribution is -2.35. The predicted molar refractivity (Wildman–Crippen MR) is 78.8 cm³/mol. The fraction of sp³-hybridized carbons (Fsp3) is 0.500. The molecule has 4 heteroatoms. The Labute approximate surface area is 117 Å². The lowest BCUT2D eigenvalue weighted by molar-refractivity contribution is 0.0954. The first kappa shape index (κ1) is 15.2. The Balaban J connectivity index is 2.24. The number of nitrogens with one attached hydrogen (secondary N) is 2. The number of hydrogen-bond donors (Lipinski definition) is 2. The van der Waals surface area contributed by atoms with Gasteiger partial charge in [0.15, 0.2) is 0 Å². The first-order valence-electron chi connectivity index (χ1n) is 6.13. The lowest BCUT2D eigenvalue weighted by atomic mass is 9.97. The average molecular weight is 313 g/mol. The van der Waals surface area contributed by atoms with Crippen LogP contribution >= 0.6 is 15.9 Å². The van der Waals surface area contributed by atoms with Gasteiger partial charge in [-0.25, -0.2) is 0 Å². The highest BCUT2D eigenvalue weighted by molar-refractivity contribution is 9.10. The van der Waals surface area contributed by atoms with Crippen LogP contribution in [0, 0.1) is 5.41 Å². The Morgan fingerprint density at radius 1 is 1.17 bits per heavy atom. The van der Waals surface area contributed by atoms with Crippen LogP contribution in [0.5, 0.6) is 0 Å². The third kappa shape index (κ3) is 6.17. The molecule has 0 aromatic heterocycles. The summed E-state index contributed by atoms with van der Waals surface area (Å²) < 4.78 is 0.978. The molecule has 0 heterocycles. The van der Waals surface area contributed by atoms with Crippen LogP contribution in [0.4, 0.5) is 0 Å². The monoisotopic (exact) mass is 312 g/mol. The first-order valence-corrected chi connectivity index (χ1v) is 6.92. The molecule has 1 aromatic carbocycles. The van der Waals surface area contributed by atoms with E-state index in [-0.39, 0.29) is 11.3 Å². The maximum absolute atomic E-state index is 11.8. The standard InChI is InChI=1S/C14H21BrN2O/c1-14(2,3)10-16-8-9-17-13(18)11-4-6-12(15)7-5-11/h4-7,16H,8-10H2,1-3H3,(H,17,18). The number of carbonyl (C=O) groups excluding carboxylic acids is 1. The fourth-order valence-corrected chi connectivity index (χ4v) is 1.70. The second-order valence-electron chi connectivity index (χ2n) is 5.50. The van der Waals surface area contributed by atoms with Crippen LogP contribution in [0.15, 0.2) is 28.7 Å². The molecule has 18 heavy (non-hydrogen) atoms. The number of benzene rings is 1. The van der Waals surface area contributed by atoms with Gasteiger partial charge in [-0.2, -0.15) is 0 Å². The van der Waals surface area contributed by atoms with Gasteiger partial charge in [-0.05, 0) is 29.7 Å². The highest BCUT2D eigenvalue weighted by Crippen LogP contribution is 2.10. The maximum atomic E-state index is 11.8. The zero-order valence-electron chi connectivity index (χ0n) is 11.2. The van der Waals surface area contributed by atoms with E-state index in [4.69, 9.17) is 0 Å². The molecule has 1 rings (SSSR count). The summed E-state index contributed by atoms with van der Waals surface area (Å²) in [5, 5.41) is 6.21. The average Bonchev–Trinajstić information content (AvgIpc) is 2.27. The topological polar surface area (TPSA) is 41.1 Å². The molecule has 0 aliphatic heterocycles. The van der Waals surface area contributed by atoms with Crippen LogP contribution in [0.2, 0.25) is 0 Å². The number of rotatable bonds is 5. The van der Waals surface area contributed by atoms with Crippen LogP contribution < -0.4 is 10.6 Å². The summed E-state index contributed by atoms with van der Waals surface area (Å²) in [5.41, 5.74) is 0.962. The first-order chi connectivity index (χ1) is 8.38. The number of hydrogen-bond acceptors (Lipinski definition) is 2.